The summed E-state index contributed by atoms with van der Waals surface area (Å²) in [6.45, 7) is 0. The summed E-state index contributed by atoms with van der Waals surface area (Å²) in [5.74, 6) is -1.24. The number of hydrogen-bond donors (Lipinski definition) is 0. The number of ether oxygens (including phenoxy) is 1. The maximum absolute atomic E-state index is 12.2. The number of benzene rings is 1. The Hall–Kier alpha value is -1.17. The van der Waals surface area contributed by atoms with E-state index in [1.165, 1.54) is 6.07 Å². The molecule has 0 saturated carbocycles. The Morgan fingerprint density at radius 3 is 2.32 bits per heavy atom. The summed E-state index contributed by atoms with van der Waals surface area (Å²) in [5, 5.41) is 8.77. The lowest BCUT2D eigenvalue weighted by Crippen LogP contribution is -2.18. The van der Waals surface area contributed by atoms with Crippen LogP contribution in [0.3, 0.4) is 0 Å². The smallest absolute Gasteiger partial charge is 0.404 e. The Kier molecular flexibility index (Phi) is 4.55. The van der Waals surface area contributed by atoms with Gasteiger partial charge < -0.3 is 4.74 Å². The second-order valence-corrected chi connectivity index (χ2v) is 6.00. The van der Waals surface area contributed by atoms with Gasteiger partial charge in [0.25, 0.3) is 9.05 Å². The van der Waals surface area contributed by atoms with Crippen molar-refractivity contribution in [2.24, 2.45) is 0 Å². The second-order valence-electron chi connectivity index (χ2n) is 3.20. The molecule has 0 atom stereocenters. The fourth-order valence-electron chi connectivity index (χ4n) is 1.23. The van der Waals surface area contributed by atoms with Gasteiger partial charge in [0.15, 0.2) is 0 Å². The number of alkyl halides is 4. The van der Waals surface area contributed by atoms with Gasteiger partial charge in [-0.3, -0.25) is 0 Å². The molecule has 0 heterocycles. The maximum atomic E-state index is 12.2. The van der Waals surface area contributed by atoms with E-state index in [1.807, 2.05) is 0 Å². The lowest BCUT2D eigenvalue weighted by molar-refractivity contribution is -0.274. The van der Waals surface area contributed by atoms with Gasteiger partial charge in [0.05, 0.1) is 0 Å². The van der Waals surface area contributed by atoms with E-state index in [4.69, 9.17) is 27.5 Å². The molecule has 0 aromatic heterocycles. The quantitative estimate of drug-likeness (QED) is 0.629. The lowest BCUT2D eigenvalue weighted by Gasteiger charge is -2.13. The molecule has 19 heavy (non-hydrogen) atoms. The molecule has 0 N–H and O–H groups in total. The van der Waals surface area contributed by atoms with Crippen molar-refractivity contribution in [2.45, 2.75) is 17.1 Å². The van der Waals surface area contributed by atoms with Crippen LogP contribution < -0.4 is 4.74 Å². The van der Waals surface area contributed by atoms with Crippen LogP contribution in [0.1, 0.15) is 11.1 Å². The Morgan fingerprint density at radius 2 is 1.95 bits per heavy atom. The van der Waals surface area contributed by atoms with Gasteiger partial charge in [-0.2, -0.15) is 5.26 Å². The molecule has 0 fully saturated rings. The molecule has 0 radical (unpaired) electrons. The number of nitrogens with zero attached hydrogens (tertiary/aromatic N) is 1. The third-order valence-corrected chi connectivity index (χ3v) is 3.53. The average molecular weight is 334 g/mol. The minimum Gasteiger partial charge on any atom is -0.404 e. The van der Waals surface area contributed by atoms with E-state index in [-0.39, 0.29) is 11.4 Å². The maximum Gasteiger partial charge on any atom is 0.573 e. The predicted molar refractivity (Wildman–Crippen MR) is 60.4 cm³/mol. The third kappa shape index (κ3) is 4.16. The van der Waals surface area contributed by atoms with Crippen LogP contribution in [0.5, 0.6) is 5.75 Å². The molecule has 1 aromatic rings. The largest absolute Gasteiger partial charge is 0.573 e. The number of rotatable bonds is 3. The summed E-state index contributed by atoms with van der Waals surface area (Å²) in [6, 6.07) is 3.05. The van der Waals surface area contributed by atoms with Crippen LogP contribution in [-0.2, 0) is 14.9 Å². The van der Waals surface area contributed by atoms with Gasteiger partial charge in [-0.15, -0.1) is 24.8 Å². The normalized spacial score (nSPS) is 12.0. The molecule has 0 aliphatic carbocycles. The van der Waals surface area contributed by atoms with Crippen LogP contribution in [0.2, 0.25) is 0 Å². The molecule has 1 aromatic carbocycles. The monoisotopic (exact) mass is 333 g/mol. The molecule has 0 spiro atoms. The number of nitriles is 1. The molecule has 0 bridgehead atoms. The highest BCUT2D eigenvalue weighted by atomic mass is 35.7. The van der Waals surface area contributed by atoms with Gasteiger partial charge in [0.1, 0.15) is 22.3 Å². The summed E-state index contributed by atoms with van der Waals surface area (Å²) in [4.78, 5) is -0.783. The Labute approximate surface area is 115 Å². The zero-order valence-electron chi connectivity index (χ0n) is 8.83. The first-order chi connectivity index (χ1) is 8.58. The van der Waals surface area contributed by atoms with Gasteiger partial charge in [-0.1, -0.05) is 0 Å². The average Bonchev–Trinajstić information content (AvgIpc) is 2.24. The standard InChI is InChI=1S/C9H4Cl2F3NO3S/c10-3-5-1-7(18-9(12,13)14)6(4-15)8(2-5)19(11,16)17/h1-2H,3H2. The van der Waals surface area contributed by atoms with E-state index in [9.17, 15) is 21.6 Å². The molecule has 1 rings (SSSR count). The highest BCUT2D eigenvalue weighted by Crippen LogP contribution is 2.33. The highest BCUT2D eigenvalue weighted by Gasteiger charge is 2.34. The van der Waals surface area contributed by atoms with Crippen molar-refractivity contribution < 1.29 is 26.3 Å². The van der Waals surface area contributed by atoms with Gasteiger partial charge in [-0.25, -0.2) is 8.42 Å². The van der Waals surface area contributed by atoms with Crippen LogP contribution in [0.15, 0.2) is 17.0 Å². The molecule has 4 nitrogen and oxygen atoms in total. The molecular weight excluding hydrogens is 330 g/mol. The summed E-state index contributed by atoms with van der Waals surface area (Å²) in [5.41, 5.74) is -0.819. The molecule has 0 aliphatic rings. The first-order valence-electron chi connectivity index (χ1n) is 4.42. The SMILES string of the molecule is N#Cc1c(OC(F)(F)F)cc(CCl)cc1S(=O)(=O)Cl. The minimum atomic E-state index is -5.08. The van der Waals surface area contributed by atoms with Gasteiger partial charge in [-0.05, 0) is 17.7 Å². The molecule has 0 unspecified atom stereocenters. The van der Waals surface area contributed by atoms with Crippen molar-refractivity contribution in [1.29, 1.82) is 5.26 Å². The summed E-state index contributed by atoms with van der Waals surface area (Å²) < 4.78 is 62.6. The predicted octanol–water partition coefficient (Wildman–Crippen LogP) is 3.12. The Balaban J connectivity index is 3.59. The van der Waals surface area contributed by atoms with Crippen LogP contribution in [-0.4, -0.2) is 14.8 Å². The zero-order chi connectivity index (χ0) is 14.8. The zero-order valence-corrected chi connectivity index (χ0v) is 11.2. The molecular formula is C9H4Cl2F3NO3S. The summed E-state index contributed by atoms with van der Waals surface area (Å²) in [6.07, 6.45) is -5.08. The topological polar surface area (TPSA) is 67.2 Å². The van der Waals surface area contributed by atoms with E-state index < -0.39 is 31.6 Å². The molecule has 0 aliphatic heterocycles. The fourth-order valence-corrected chi connectivity index (χ4v) is 2.43. The van der Waals surface area contributed by atoms with Crippen LogP contribution >= 0.6 is 22.3 Å². The molecule has 10 heteroatoms. The van der Waals surface area contributed by atoms with Crippen LogP contribution in [0.4, 0.5) is 13.2 Å². The minimum absolute atomic E-state index is 0.0131. The summed E-state index contributed by atoms with van der Waals surface area (Å²) >= 11 is 5.43. The van der Waals surface area contributed by atoms with E-state index in [1.54, 1.807) is 0 Å². The summed E-state index contributed by atoms with van der Waals surface area (Å²) in [7, 11) is 0.643. The third-order valence-electron chi connectivity index (χ3n) is 1.88. The van der Waals surface area contributed by atoms with Crippen molar-refractivity contribution in [1.82, 2.24) is 0 Å². The second kappa shape index (κ2) is 5.45. The molecule has 0 amide bonds. The molecule has 0 saturated heterocycles. The van der Waals surface area contributed by atoms with Gasteiger partial charge in [0, 0.05) is 16.6 Å². The van der Waals surface area contributed by atoms with Crippen molar-refractivity contribution in [3.63, 3.8) is 0 Å². The Morgan fingerprint density at radius 1 is 1.37 bits per heavy atom. The van der Waals surface area contributed by atoms with Crippen LogP contribution in [0.25, 0.3) is 0 Å². The van der Waals surface area contributed by atoms with Crippen molar-refractivity contribution in [3.8, 4) is 11.8 Å². The highest BCUT2D eigenvalue weighted by molar-refractivity contribution is 8.13. The molecule has 104 valence electrons. The van der Waals surface area contributed by atoms with E-state index in [0.29, 0.717) is 0 Å². The van der Waals surface area contributed by atoms with E-state index in [0.717, 1.165) is 12.1 Å². The van der Waals surface area contributed by atoms with Crippen molar-refractivity contribution in [2.75, 3.05) is 0 Å². The first-order valence-corrected chi connectivity index (χ1v) is 7.26. The van der Waals surface area contributed by atoms with E-state index in [2.05, 4.69) is 4.74 Å². The van der Waals surface area contributed by atoms with Gasteiger partial charge >= 0.3 is 6.36 Å². The number of hydrogen-bond acceptors (Lipinski definition) is 4. The van der Waals surface area contributed by atoms with Gasteiger partial charge in [0.2, 0.25) is 0 Å². The lowest BCUT2D eigenvalue weighted by atomic mass is 10.1. The fraction of sp³-hybridized carbons (Fsp3) is 0.222. The van der Waals surface area contributed by atoms with Crippen molar-refractivity contribution >= 4 is 31.3 Å². The number of halogens is 5. The van der Waals surface area contributed by atoms with E-state index >= 15 is 0 Å². The van der Waals surface area contributed by atoms with Crippen molar-refractivity contribution in [3.05, 3.63) is 23.3 Å². The van der Waals surface area contributed by atoms with Crippen LogP contribution in [0, 0.1) is 11.3 Å². The first kappa shape index (κ1) is 15.9. The Bertz CT molecular complexity index is 637.